The van der Waals surface area contributed by atoms with Crippen LogP contribution in [0.4, 0.5) is 0 Å². The van der Waals surface area contributed by atoms with Crippen LogP contribution in [0.1, 0.15) is 0 Å². The van der Waals surface area contributed by atoms with Crippen molar-refractivity contribution in [1.82, 2.24) is 4.40 Å². The van der Waals surface area contributed by atoms with Crippen molar-refractivity contribution in [3.05, 3.63) is 73.1 Å². The summed E-state index contributed by atoms with van der Waals surface area (Å²) < 4.78 is 7.48. The lowest BCUT2D eigenvalue weighted by Gasteiger charge is -2.04. The molecule has 4 aromatic rings. The van der Waals surface area contributed by atoms with Crippen molar-refractivity contribution in [2.24, 2.45) is 0 Å². The Kier molecular flexibility index (Phi) is 2.68. The van der Waals surface area contributed by atoms with Crippen LogP contribution >= 0.6 is 0 Å². The van der Waals surface area contributed by atoms with Gasteiger partial charge >= 0.3 is 0 Å². The molecule has 2 aromatic heterocycles. The van der Waals surface area contributed by atoms with Gasteiger partial charge in [-0.15, -0.1) is 0 Å². The molecule has 0 unspecified atom stereocenters. The van der Waals surface area contributed by atoms with Crippen molar-refractivity contribution in [1.29, 1.82) is 0 Å². The second-order valence-electron chi connectivity index (χ2n) is 5.16. The monoisotopic (exact) mass is 273 g/mol. The smallest absolute Gasteiger partial charge is 0.119 e. The summed E-state index contributed by atoms with van der Waals surface area (Å²) in [4.78, 5) is 0. The summed E-state index contributed by atoms with van der Waals surface area (Å²) in [5, 5.41) is 2.43. The quantitative estimate of drug-likeness (QED) is 0.513. The Labute approximate surface area is 123 Å². The molecule has 2 nitrogen and oxygen atoms in total. The fourth-order valence-electron chi connectivity index (χ4n) is 2.81. The number of fused-ring (bicyclic) bond motifs is 3. The maximum Gasteiger partial charge on any atom is 0.119 e. The Balaban J connectivity index is 1.97. The van der Waals surface area contributed by atoms with Gasteiger partial charge in [-0.05, 0) is 41.3 Å². The Morgan fingerprint density at radius 2 is 1.71 bits per heavy atom. The summed E-state index contributed by atoms with van der Waals surface area (Å²) in [5.41, 5.74) is 3.69. The van der Waals surface area contributed by atoms with Crippen molar-refractivity contribution in [2.75, 3.05) is 7.11 Å². The number of benzene rings is 2. The molecule has 0 bridgehead atoms. The number of aromatic nitrogens is 1. The van der Waals surface area contributed by atoms with Crippen molar-refractivity contribution in [3.63, 3.8) is 0 Å². The van der Waals surface area contributed by atoms with Crippen LogP contribution in [0.5, 0.6) is 5.75 Å². The van der Waals surface area contributed by atoms with Crippen molar-refractivity contribution >= 4 is 16.3 Å². The molecule has 0 radical (unpaired) electrons. The average molecular weight is 273 g/mol. The molecule has 0 spiro atoms. The Morgan fingerprint density at radius 1 is 0.857 bits per heavy atom. The minimum absolute atomic E-state index is 0.890. The summed E-state index contributed by atoms with van der Waals surface area (Å²) >= 11 is 0. The summed E-state index contributed by atoms with van der Waals surface area (Å²) in [6.45, 7) is 0. The first-order chi connectivity index (χ1) is 10.3. The molecule has 2 heterocycles. The number of hydrogen-bond acceptors (Lipinski definition) is 1. The van der Waals surface area contributed by atoms with Gasteiger partial charge in [0.15, 0.2) is 0 Å². The lowest BCUT2D eigenvalue weighted by atomic mass is 10.1. The van der Waals surface area contributed by atoms with Crippen molar-refractivity contribution in [2.45, 2.75) is 0 Å². The van der Waals surface area contributed by atoms with E-state index in [0.29, 0.717) is 0 Å². The minimum Gasteiger partial charge on any atom is -0.497 e. The highest BCUT2D eigenvalue weighted by Gasteiger charge is 2.06. The zero-order valence-electron chi connectivity index (χ0n) is 11.8. The van der Waals surface area contributed by atoms with E-state index in [0.717, 1.165) is 5.75 Å². The molecular weight excluding hydrogens is 258 g/mol. The molecule has 0 atom stereocenters. The second-order valence-corrected chi connectivity index (χ2v) is 5.16. The molecule has 4 rings (SSSR count). The molecule has 0 aliphatic heterocycles. The van der Waals surface area contributed by atoms with Crippen LogP contribution in [0.15, 0.2) is 73.1 Å². The van der Waals surface area contributed by atoms with Gasteiger partial charge in [-0.2, -0.15) is 0 Å². The molecule has 0 saturated carbocycles. The van der Waals surface area contributed by atoms with E-state index in [9.17, 15) is 0 Å². The third-order valence-corrected chi connectivity index (χ3v) is 3.91. The van der Waals surface area contributed by atoms with Gasteiger partial charge < -0.3 is 9.14 Å². The third kappa shape index (κ3) is 1.96. The van der Waals surface area contributed by atoms with Gasteiger partial charge in [-0.25, -0.2) is 0 Å². The van der Waals surface area contributed by atoms with E-state index < -0.39 is 0 Å². The van der Waals surface area contributed by atoms with Gasteiger partial charge in [0.2, 0.25) is 0 Å². The van der Waals surface area contributed by atoms with Gasteiger partial charge in [0, 0.05) is 23.3 Å². The molecule has 0 aliphatic carbocycles. The third-order valence-electron chi connectivity index (χ3n) is 3.91. The van der Waals surface area contributed by atoms with Gasteiger partial charge in [0.1, 0.15) is 5.75 Å². The molecule has 0 amide bonds. The van der Waals surface area contributed by atoms with Crippen LogP contribution in [0.25, 0.3) is 27.4 Å². The van der Waals surface area contributed by atoms with Crippen molar-refractivity contribution in [3.8, 4) is 16.9 Å². The Morgan fingerprint density at radius 3 is 2.52 bits per heavy atom. The number of hydrogen-bond donors (Lipinski definition) is 0. The Hall–Kier alpha value is -2.74. The zero-order chi connectivity index (χ0) is 14.2. The predicted molar refractivity (Wildman–Crippen MR) is 86.9 cm³/mol. The zero-order valence-corrected chi connectivity index (χ0v) is 11.8. The number of pyridine rings is 1. The largest absolute Gasteiger partial charge is 0.497 e. The highest BCUT2D eigenvalue weighted by Crippen LogP contribution is 2.29. The highest BCUT2D eigenvalue weighted by molar-refractivity contribution is 5.98. The minimum atomic E-state index is 0.890. The summed E-state index contributed by atoms with van der Waals surface area (Å²) in [6.07, 6.45) is 4.28. The molecule has 2 heteroatoms. The van der Waals surface area contributed by atoms with Crippen LogP contribution in [-0.4, -0.2) is 11.5 Å². The van der Waals surface area contributed by atoms with Crippen LogP contribution in [0.3, 0.4) is 0 Å². The maximum atomic E-state index is 5.30. The predicted octanol–water partition coefficient (Wildman–Crippen LogP) is 4.77. The molecule has 0 saturated heterocycles. The number of methoxy groups -OCH3 is 1. The van der Waals surface area contributed by atoms with Crippen LogP contribution in [0.2, 0.25) is 0 Å². The van der Waals surface area contributed by atoms with Gasteiger partial charge in [-0.1, -0.05) is 30.3 Å². The van der Waals surface area contributed by atoms with E-state index in [-0.39, 0.29) is 0 Å². The normalized spacial score (nSPS) is 11.1. The number of rotatable bonds is 2. The average Bonchev–Trinajstić information content (AvgIpc) is 2.99. The highest BCUT2D eigenvalue weighted by atomic mass is 16.5. The van der Waals surface area contributed by atoms with E-state index in [4.69, 9.17) is 4.74 Å². The molecule has 2 aromatic carbocycles. The van der Waals surface area contributed by atoms with E-state index in [2.05, 4.69) is 65.3 Å². The molecule has 0 aliphatic rings. The van der Waals surface area contributed by atoms with Crippen LogP contribution in [0, 0.1) is 0 Å². The maximum absolute atomic E-state index is 5.30. The molecule has 0 fully saturated rings. The van der Waals surface area contributed by atoms with E-state index in [1.54, 1.807) is 7.11 Å². The fraction of sp³-hybridized carbons (Fsp3) is 0.0526. The lowest BCUT2D eigenvalue weighted by molar-refractivity contribution is 0.415. The molecule has 0 N–H and O–H groups in total. The standard InChI is InChI=1S/C19H15NO/c1-21-17-7-8-18-15(11-17)9-10-20-13-16(12-19(18)20)14-5-3-2-4-6-14/h2-13H,1H3. The van der Waals surface area contributed by atoms with E-state index >= 15 is 0 Å². The van der Waals surface area contributed by atoms with Gasteiger partial charge in [-0.3, -0.25) is 0 Å². The SMILES string of the molecule is COc1ccc2c(ccn3cc(-c4ccccc4)cc23)c1. The number of nitrogens with zero attached hydrogens (tertiary/aromatic N) is 1. The Bertz CT molecular complexity index is 922. The van der Waals surface area contributed by atoms with Crippen LogP contribution in [-0.2, 0) is 0 Å². The molecule has 102 valence electrons. The van der Waals surface area contributed by atoms with Crippen LogP contribution < -0.4 is 4.74 Å². The number of ether oxygens (including phenoxy) is 1. The molecule has 21 heavy (non-hydrogen) atoms. The second kappa shape index (κ2) is 4.67. The first-order valence-corrected chi connectivity index (χ1v) is 6.99. The van der Waals surface area contributed by atoms with Gasteiger partial charge in [0.25, 0.3) is 0 Å². The topological polar surface area (TPSA) is 13.6 Å². The van der Waals surface area contributed by atoms with E-state index in [1.165, 1.54) is 27.4 Å². The fourth-order valence-corrected chi connectivity index (χ4v) is 2.81. The van der Waals surface area contributed by atoms with E-state index in [1.807, 2.05) is 12.1 Å². The first-order valence-electron chi connectivity index (χ1n) is 6.99. The lowest BCUT2D eigenvalue weighted by Crippen LogP contribution is -1.85. The summed E-state index contributed by atoms with van der Waals surface area (Å²) in [6, 6.07) is 21.0. The van der Waals surface area contributed by atoms with Gasteiger partial charge in [0.05, 0.1) is 12.6 Å². The van der Waals surface area contributed by atoms with Crippen molar-refractivity contribution < 1.29 is 4.74 Å². The first kappa shape index (κ1) is 12.0. The summed E-state index contributed by atoms with van der Waals surface area (Å²) in [7, 11) is 1.70. The molecular formula is C19H15NO. The summed E-state index contributed by atoms with van der Waals surface area (Å²) in [5.74, 6) is 0.890.